The van der Waals surface area contributed by atoms with E-state index in [1.807, 2.05) is 19.1 Å². The van der Waals surface area contributed by atoms with Crippen LogP contribution in [-0.2, 0) is 11.2 Å². The summed E-state index contributed by atoms with van der Waals surface area (Å²) in [6.07, 6.45) is 0.913. The molecule has 18 heavy (non-hydrogen) atoms. The van der Waals surface area contributed by atoms with Crippen molar-refractivity contribution in [3.8, 4) is 0 Å². The summed E-state index contributed by atoms with van der Waals surface area (Å²) in [6.45, 7) is 2.26. The highest BCUT2D eigenvalue weighted by Gasteiger charge is 2.40. The minimum Gasteiger partial charge on any atom is -0.480 e. The van der Waals surface area contributed by atoms with Gasteiger partial charge in [-0.25, -0.2) is 9.59 Å². The third kappa shape index (κ3) is 2.03. The van der Waals surface area contributed by atoms with Crippen LogP contribution in [0.25, 0.3) is 0 Å². The van der Waals surface area contributed by atoms with Gasteiger partial charge in [-0.05, 0) is 24.1 Å². The molecule has 1 aliphatic rings. The number of amides is 2. The lowest BCUT2D eigenvalue weighted by molar-refractivity contribution is -0.138. The molecule has 0 spiro atoms. The number of anilines is 1. The number of aliphatic carboxylic acids is 1. The van der Waals surface area contributed by atoms with Gasteiger partial charge in [-0.1, -0.05) is 19.1 Å². The van der Waals surface area contributed by atoms with E-state index in [0.29, 0.717) is 5.69 Å². The summed E-state index contributed by atoms with van der Waals surface area (Å²) in [5.41, 5.74) is 1.79. The number of benzene rings is 1. The third-order valence-electron chi connectivity index (χ3n) is 3.20. The van der Waals surface area contributed by atoms with Crippen molar-refractivity contribution in [2.75, 3.05) is 18.5 Å². The van der Waals surface area contributed by atoms with E-state index in [4.69, 9.17) is 5.11 Å². The molecule has 1 unspecified atom stereocenters. The molecule has 1 aromatic rings. The number of carbonyl (C=O) groups excluding carboxylic acids is 1. The van der Waals surface area contributed by atoms with Crippen LogP contribution in [0.15, 0.2) is 24.3 Å². The van der Waals surface area contributed by atoms with Gasteiger partial charge in [-0.15, -0.1) is 0 Å². The first-order valence-electron chi connectivity index (χ1n) is 5.90. The molecule has 1 fully saturated rings. The molecule has 5 heteroatoms. The van der Waals surface area contributed by atoms with Gasteiger partial charge in [0, 0.05) is 12.7 Å². The molecule has 1 atom stereocenters. The average Bonchev–Trinajstić information content (AvgIpc) is 2.66. The van der Waals surface area contributed by atoms with Crippen LogP contribution in [0, 0.1) is 0 Å². The second-order valence-electron chi connectivity index (χ2n) is 4.41. The largest absolute Gasteiger partial charge is 0.480 e. The lowest BCUT2D eigenvalue weighted by Gasteiger charge is -2.20. The normalized spacial score (nSPS) is 19.4. The van der Waals surface area contributed by atoms with Crippen LogP contribution in [0.4, 0.5) is 10.5 Å². The Morgan fingerprint density at radius 3 is 2.50 bits per heavy atom. The summed E-state index contributed by atoms with van der Waals surface area (Å²) in [7, 11) is 1.61. The molecule has 5 nitrogen and oxygen atoms in total. The van der Waals surface area contributed by atoms with E-state index in [9.17, 15) is 9.59 Å². The second-order valence-corrected chi connectivity index (χ2v) is 4.41. The van der Waals surface area contributed by atoms with Gasteiger partial charge in [0.05, 0.1) is 6.54 Å². The van der Waals surface area contributed by atoms with E-state index in [-0.39, 0.29) is 12.6 Å². The molecule has 96 valence electrons. The minimum atomic E-state index is -0.979. The Kier molecular flexibility index (Phi) is 3.23. The summed E-state index contributed by atoms with van der Waals surface area (Å²) >= 11 is 0. The number of hydrogen-bond acceptors (Lipinski definition) is 2. The Morgan fingerprint density at radius 2 is 2.00 bits per heavy atom. The number of rotatable bonds is 3. The number of aryl methyl sites for hydroxylation is 1. The summed E-state index contributed by atoms with van der Waals surface area (Å²) in [6, 6.07) is 6.35. The summed E-state index contributed by atoms with van der Waals surface area (Å²) in [5, 5.41) is 9.16. The van der Waals surface area contributed by atoms with Crippen molar-refractivity contribution in [1.82, 2.24) is 4.90 Å². The Labute approximate surface area is 106 Å². The zero-order chi connectivity index (χ0) is 13.3. The van der Waals surface area contributed by atoms with Crippen LogP contribution in [-0.4, -0.2) is 41.6 Å². The van der Waals surface area contributed by atoms with E-state index in [1.165, 1.54) is 9.80 Å². The maximum absolute atomic E-state index is 12.0. The minimum absolute atomic E-state index is 0.212. The van der Waals surface area contributed by atoms with Gasteiger partial charge in [0.1, 0.15) is 0 Å². The molecule has 2 rings (SSSR count). The fourth-order valence-corrected chi connectivity index (χ4v) is 2.11. The van der Waals surface area contributed by atoms with Crippen molar-refractivity contribution in [2.45, 2.75) is 19.4 Å². The molecule has 1 aromatic carbocycles. The molecule has 1 N–H and O–H groups in total. The average molecular weight is 248 g/mol. The van der Waals surface area contributed by atoms with Crippen LogP contribution < -0.4 is 4.90 Å². The molecule has 2 amide bonds. The summed E-state index contributed by atoms with van der Waals surface area (Å²) in [4.78, 5) is 25.9. The van der Waals surface area contributed by atoms with Crippen molar-refractivity contribution >= 4 is 17.7 Å². The van der Waals surface area contributed by atoms with Crippen LogP contribution in [0.1, 0.15) is 12.5 Å². The highest BCUT2D eigenvalue weighted by atomic mass is 16.4. The van der Waals surface area contributed by atoms with Gasteiger partial charge in [0.25, 0.3) is 0 Å². The quantitative estimate of drug-likeness (QED) is 0.883. The van der Waals surface area contributed by atoms with Gasteiger partial charge in [-0.3, -0.25) is 4.90 Å². The van der Waals surface area contributed by atoms with Crippen molar-refractivity contribution in [3.63, 3.8) is 0 Å². The molecule has 0 saturated carbocycles. The van der Waals surface area contributed by atoms with Crippen molar-refractivity contribution in [3.05, 3.63) is 29.8 Å². The predicted molar refractivity (Wildman–Crippen MR) is 67.7 cm³/mol. The van der Waals surface area contributed by atoms with E-state index < -0.39 is 12.0 Å². The fourth-order valence-electron chi connectivity index (χ4n) is 2.11. The highest BCUT2D eigenvalue weighted by molar-refractivity contribution is 6.01. The predicted octanol–water partition coefficient (Wildman–Crippen LogP) is 1.57. The third-order valence-corrected chi connectivity index (χ3v) is 3.20. The van der Waals surface area contributed by atoms with E-state index >= 15 is 0 Å². The van der Waals surface area contributed by atoms with Crippen LogP contribution in [0.5, 0.6) is 0 Å². The molecule has 0 aromatic heterocycles. The van der Waals surface area contributed by atoms with E-state index in [2.05, 4.69) is 0 Å². The number of carboxylic acid groups (broad SMARTS) is 1. The topological polar surface area (TPSA) is 60.9 Å². The number of nitrogens with zero attached hydrogens (tertiary/aromatic N) is 2. The molecule has 1 saturated heterocycles. The van der Waals surface area contributed by atoms with Crippen LogP contribution in [0.2, 0.25) is 0 Å². The molecule has 0 radical (unpaired) electrons. The molecular formula is C13H16N2O3. The molecule has 1 heterocycles. The monoisotopic (exact) mass is 248 g/mol. The Balaban J connectivity index is 2.33. The molecule has 0 aliphatic carbocycles. The zero-order valence-corrected chi connectivity index (χ0v) is 10.5. The van der Waals surface area contributed by atoms with Gasteiger partial charge in [0.15, 0.2) is 6.04 Å². The number of urea groups is 1. The maximum atomic E-state index is 12.0. The van der Waals surface area contributed by atoms with Crippen LogP contribution >= 0.6 is 0 Å². The Hall–Kier alpha value is -2.04. The SMILES string of the molecule is CCc1ccc(N2C(=O)N(C)CC2C(=O)O)cc1. The highest BCUT2D eigenvalue weighted by Crippen LogP contribution is 2.24. The Morgan fingerprint density at radius 1 is 1.39 bits per heavy atom. The maximum Gasteiger partial charge on any atom is 0.328 e. The van der Waals surface area contributed by atoms with Gasteiger partial charge >= 0.3 is 12.0 Å². The fraction of sp³-hybridized carbons (Fsp3) is 0.385. The number of carbonyl (C=O) groups is 2. The summed E-state index contributed by atoms with van der Waals surface area (Å²) in [5.74, 6) is -0.979. The van der Waals surface area contributed by atoms with Crippen molar-refractivity contribution in [2.24, 2.45) is 0 Å². The first kappa shape index (κ1) is 12.4. The molecule has 1 aliphatic heterocycles. The number of likely N-dealkylation sites (N-methyl/N-ethyl adjacent to an activating group) is 1. The number of hydrogen-bond donors (Lipinski definition) is 1. The first-order chi connectivity index (χ1) is 8.54. The van der Waals surface area contributed by atoms with Gasteiger partial charge in [-0.2, -0.15) is 0 Å². The number of carboxylic acids is 1. The smallest absolute Gasteiger partial charge is 0.328 e. The Bertz CT molecular complexity index is 470. The van der Waals surface area contributed by atoms with Crippen molar-refractivity contribution < 1.29 is 14.7 Å². The van der Waals surface area contributed by atoms with Gasteiger partial charge < -0.3 is 10.0 Å². The lowest BCUT2D eigenvalue weighted by Crippen LogP contribution is -2.39. The standard InChI is InChI=1S/C13H16N2O3/c1-3-9-4-6-10(7-5-9)15-11(12(16)17)8-14(2)13(15)18/h4-7,11H,3,8H2,1-2H3,(H,16,17). The molecule has 0 bridgehead atoms. The second kappa shape index (κ2) is 4.68. The first-order valence-corrected chi connectivity index (χ1v) is 5.90. The van der Waals surface area contributed by atoms with Gasteiger partial charge in [0.2, 0.25) is 0 Å². The lowest BCUT2D eigenvalue weighted by atomic mass is 10.1. The van der Waals surface area contributed by atoms with E-state index in [0.717, 1.165) is 12.0 Å². The zero-order valence-electron chi connectivity index (χ0n) is 10.5. The summed E-state index contributed by atoms with van der Waals surface area (Å²) < 4.78 is 0. The molecular weight excluding hydrogens is 232 g/mol. The van der Waals surface area contributed by atoms with Crippen molar-refractivity contribution in [1.29, 1.82) is 0 Å². The van der Waals surface area contributed by atoms with E-state index in [1.54, 1.807) is 19.2 Å². The van der Waals surface area contributed by atoms with Crippen LogP contribution in [0.3, 0.4) is 0 Å².